The van der Waals surface area contributed by atoms with E-state index in [2.05, 4.69) is 43.2 Å². The maximum atomic E-state index is 12.0. The SMILES string of the molecule is O=C(NCCNc1cc(-n2cccc2)ncn1)c1cccc(I)c1. The number of anilines is 1. The Hall–Kier alpha value is -2.42. The molecule has 7 heteroatoms. The molecule has 6 nitrogen and oxygen atoms in total. The highest BCUT2D eigenvalue weighted by Gasteiger charge is 2.05. The van der Waals surface area contributed by atoms with Crippen LogP contribution in [-0.4, -0.2) is 33.5 Å². The number of benzene rings is 1. The lowest BCUT2D eigenvalue weighted by molar-refractivity contribution is 0.0955. The molecule has 2 heterocycles. The van der Waals surface area contributed by atoms with Crippen LogP contribution in [0.15, 0.2) is 61.2 Å². The summed E-state index contributed by atoms with van der Waals surface area (Å²) in [6, 6.07) is 13.2. The van der Waals surface area contributed by atoms with Gasteiger partial charge in [0.15, 0.2) is 0 Å². The zero-order valence-electron chi connectivity index (χ0n) is 12.8. The standard InChI is InChI=1S/C17H16IN5O/c18-14-5-3-4-13(10-14)17(24)20-7-6-19-15-11-16(22-12-21-15)23-8-1-2-9-23/h1-5,8-12H,6-7H2,(H,20,24)(H,19,21,22). The summed E-state index contributed by atoms with van der Waals surface area (Å²) < 4.78 is 2.95. The number of carbonyl (C=O) groups is 1. The quantitative estimate of drug-likeness (QED) is 0.464. The first kappa shape index (κ1) is 16.4. The van der Waals surface area contributed by atoms with Gasteiger partial charge in [0.25, 0.3) is 5.91 Å². The van der Waals surface area contributed by atoms with E-state index < -0.39 is 0 Å². The predicted octanol–water partition coefficient (Wildman–Crippen LogP) is 2.71. The molecule has 0 fully saturated rings. The van der Waals surface area contributed by atoms with Crippen LogP contribution in [0.3, 0.4) is 0 Å². The molecule has 0 spiro atoms. The normalized spacial score (nSPS) is 10.4. The van der Waals surface area contributed by atoms with Crippen molar-refractivity contribution in [3.05, 3.63) is 70.3 Å². The van der Waals surface area contributed by atoms with Crippen LogP contribution in [0, 0.1) is 3.57 Å². The second-order valence-corrected chi connectivity index (χ2v) is 6.29. The number of nitrogens with zero attached hydrogens (tertiary/aromatic N) is 3. The molecule has 0 bridgehead atoms. The number of nitrogens with one attached hydrogen (secondary N) is 2. The number of hydrogen-bond donors (Lipinski definition) is 2. The summed E-state index contributed by atoms with van der Waals surface area (Å²) in [5.74, 6) is 1.43. The molecule has 2 N–H and O–H groups in total. The molecular weight excluding hydrogens is 417 g/mol. The van der Waals surface area contributed by atoms with Crippen molar-refractivity contribution in [2.75, 3.05) is 18.4 Å². The third-order valence-corrected chi connectivity index (χ3v) is 4.00. The van der Waals surface area contributed by atoms with Gasteiger partial charge in [-0.05, 0) is 52.9 Å². The fraction of sp³-hybridized carbons (Fsp3) is 0.118. The lowest BCUT2D eigenvalue weighted by atomic mass is 10.2. The van der Waals surface area contributed by atoms with Gasteiger partial charge in [-0.1, -0.05) is 6.07 Å². The van der Waals surface area contributed by atoms with E-state index in [0.717, 1.165) is 15.2 Å². The first-order chi connectivity index (χ1) is 11.7. The van der Waals surface area contributed by atoms with E-state index in [1.165, 1.54) is 6.33 Å². The smallest absolute Gasteiger partial charge is 0.251 e. The van der Waals surface area contributed by atoms with Crippen molar-refractivity contribution in [3.63, 3.8) is 0 Å². The van der Waals surface area contributed by atoms with Crippen molar-refractivity contribution in [3.8, 4) is 5.82 Å². The molecule has 24 heavy (non-hydrogen) atoms. The molecule has 3 rings (SSSR count). The maximum absolute atomic E-state index is 12.0. The Bertz CT molecular complexity index is 819. The van der Waals surface area contributed by atoms with Crippen LogP contribution < -0.4 is 10.6 Å². The van der Waals surface area contributed by atoms with Gasteiger partial charge in [0, 0.05) is 40.7 Å². The summed E-state index contributed by atoms with van der Waals surface area (Å²) in [4.78, 5) is 20.5. The van der Waals surface area contributed by atoms with Crippen LogP contribution in [0.5, 0.6) is 0 Å². The first-order valence-electron chi connectivity index (χ1n) is 7.45. The van der Waals surface area contributed by atoms with E-state index >= 15 is 0 Å². The third kappa shape index (κ3) is 4.31. The second kappa shape index (κ2) is 7.91. The van der Waals surface area contributed by atoms with E-state index in [1.54, 1.807) is 6.07 Å². The van der Waals surface area contributed by atoms with Crippen LogP contribution in [0.1, 0.15) is 10.4 Å². The largest absolute Gasteiger partial charge is 0.368 e. The highest BCUT2D eigenvalue weighted by Crippen LogP contribution is 2.09. The van der Waals surface area contributed by atoms with Gasteiger partial charge < -0.3 is 15.2 Å². The summed E-state index contributed by atoms with van der Waals surface area (Å²) in [6.07, 6.45) is 5.36. The Morgan fingerprint density at radius 2 is 1.92 bits per heavy atom. The Morgan fingerprint density at radius 3 is 2.71 bits per heavy atom. The van der Waals surface area contributed by atoms with Crippen molar-refractivity contribution in [2.24, 2.45) is 0 Å². The molecule has 1 aromatic carbocycles. The Kier molecular flexibility index (Phi) is 5.42. The van der Waals surface area contributed by atoms with Crippen LogP contribution >= 0.6 is 22.6 Å². The van der Waals surface area contributed by atoms with Crippen LogP contribution in [0.25, 0.3) is 5.82 Å². The number of hydrogen-bond acceptors (Lipinski definition) is 4. The molecule has 0 saturated heterocycles. The van der Waals surface area contributed by atoms with E-state index in [-0.39, 0.29) is 5.91 Å². The molecule has 0 aliphatic carbocycles. The van der Waals surface area contributed by atoms with E-state index in [9.17, 15) is 4.79 Å². The maximum Gasteiger partial charge on any atom is 0.251 e. The van der Waals surface area contributed by atoms with E-state index in [0.29, 0.717) is 18.7 Å². The van der Waals surface area contributed by atoms with Gasteiger partial charge in [-0.25, -0.2) is 9.97 Å². The summed E-state index contributed by atoms with van der Waals surface area (Å²) in [7, 11) is 0. The van der Waals surface area contributed by atoms with Gasteiger partial charge in [-0.2, -0.15) is 0 Å². The zero-order chi connectivity index (χ0) is 16.8. The van der Waals surface area contributed by atoms with Crippen molar-refractivity contribution in [1.29, 1.82) is 0 Å². The summed E-state index contributed by atoms with van der Waals surface area (Å²) in [5.41, 5.74) is 0.666. The number of rotatable bonds is 6. The van der Waals surface area contributed by atoms with Crippen molar-refractivity contribution >= 4 is 34.3 Å². The van der Waals surface area contributed by atoms with Gasteiger partial charge in [0.05, 0.1) is 0 Å². The number of aromatic nitrogens is 3. The molecule has 1 amide bonds. The minimum Gasteiger partial charge on any atom is -0.368 e. The topological polar surface area (TPSA) is 71.8 Å². The zero-order valence-corrected chi connectivity index (χ0v) is 15.0. The molecular formula is C17H16IN5O. The minimum atomic E-state index is -0.0777. The van der Waals surface area contributed by atoms with Crippen LogP contribution in [0.2, 0.25) is 0 Å². The van der Waals surface area contributed by atoms with Gasteiger partial charge in [-0.3, -0.25) is 4.79 Å². The van der Waals surface area contributed by atoms with Crippen molar-refractivity contribution in [2.45, 2.75) is 0 Å². The second-order valence-electron chi connectivity index (χ2n) is 5.04. The summed E-state index contributed by atoms with van der Waals surface area (Å²) >= 11 is 2.19. The van der Waals surface area contributed by atoms with Gasteiger partial charge >= 0.3 is 0 Å². The highest BCUT2D eigenvalue weighted by atomic mass is 127. The van der Waals surface area contributed by atoms with Crippen LogP contribution in [0.4, 0.5) is 5.82 Å². The highest BCUT2D eigenvalue weighted by molar-refractivity contribution is 14.1. The average molecular weight is 433 g/mol. The molecule has 122 valence electrons. The molecule has 0 radical (unpaired) electrons. The molecule has 0 atom stereocenters. The first-order valence-corrected chi connectivity index (χ1v) is 8.53. The van der Waals surface area contributed by atoms with E-state index in [1.807, 2.05) is 53.4 Å². The minimum absolute atomic E-state index is 0.0777. The summed E-state index contributed by atoms with van der Waals surface area (Å²) in [5, 5.41) is 6.07. The number of amides is 1. The molecule has 0 unspecified atom stereocenters. The van der Waals surface area contributed by atoms with Gasteiger partial charge in [0.1, 0.15) is 18.0 Å². The third-order valence-electron chi connectivity index (χ3n) is 3.33. The summed E-state index contributed by atoms with van der Waals surface area (Å²) in [6.45, 7) is 1.09. The average Bonchev–Trinajstić information content (AvgIpc) is 3.13. The molecule has 2 aromatic heterocycles. The molecule has 0 aliphatic heterocycles. The lowest BCUT2D eigenvalue weighted by Gasteiger charge is -2.09. The fourth-order valence-electron chi connectivity index (χ4n) is 2.17. The Morgan fingerprint density at radius 1 is 1.08 bits per heavy atom. The monoisotopic (exact) mass is 433 g/mol. The van der Waals surface area contributed by atoms with E-state index in [4.69, 9.17) is 0 Å². The van der Waals surface area contributed by atoms with Gasteiger partial charge in [-0.15, -0.1) is 0 Å². The molecule has 0 aliphatic rings. The predicted molar refractivity (Wildman–Crippen MR) is 101 cm³/mol. The van der Waals surface area contributed by atoms with Crippen LogP contribution in [-0.2, 0) is 0 Å². The Balaban J connectivity index is 1.50. The lowest BCUT2D eigenvalue weighted by Crippen LogP contribution is -2.28. The molecule has 3 aromatic rings. The molecule has 0 saturated carbocycles. The van der Waals surface area contributed by atoms with Gasteiger partial charge in [0.2, 0.25) is 0 Å². The fourth-order valence-corrected chi connectivity index (χ4v) is 2.71. The number of halogens is 1. The number of carbonyl (C=O) groups excluding carboxylic acids is 1. The Labute approximate surface area is 153 Å². The van der Waals surface area contributed by atoms with Crippen molar-refractivity contribution in [1.82, 2.24) is 19.9 Å². The van der Waals surface area contributed by atoms with Crippen molar-refractivity contribution < 1.29 is 4.79 Å².